The van der Waals surface area contributed by atoms with Crippen molar-refractivity contribution in [3.63, 3.8) is 0 Å². The fourth-order valence-corrected chi connectivity index (χ4v) is 8.51. The maximum atomic E-state index is 5.15. The highest BCUT2D eigenvalue weighted by atomic mass is 32.1. The van der Waals surface area contributed by atoms with Crippen LogP contribution in [-0.4, -0.2) is 9.97 Å². The van der Waals surface area contributed by atoms with Crippen molar-refractivity contribution in [3.8, 4) is 45.0 Å². The molecule has 2 aromatic heterocycles. The molecule has 0 fully saturated rings. The molecule has 0 radical (unpaired) electrons. The van der Waals surface area contributed by atoms with E-state index in [9.17, 15) is 0 Å². The molecule has 3 heteroatoms. The van der Waals surface area contributed by atoms with Gasteiger partial charge in [0, 0.05) is 36.9 Å². The highest BCUT2D eigenvalue weighted by Gasteiger charge is 2.16. The lowest BCUT2D eigenvalue weighted by Gasteiger charge is -2.16. The Bertz CT molecular complexity index is 2810. The van der Waals surface area contributed by atoms with Crippen molar-refractivity contribution < 1.29 is 0 Å². The van der Waals surface area contributed by atoms with Gasteiger partial charge in [-0.25, -0.2) is 9.97 Å². The molecule has 0 spiro atoms. The monoisotopic (exact) mass is 640 g/mol. The van der Waals surface area contributed by atoms with Gasteiger partial charge in [-0.15, -0.1) is 11.3 Å². The van der Waals surface area contributed by atoms with E-state index >= 15 is 0 Å². The number of aromatic nitrogens is 2. The van der Waals surface area contributed by atoms with E-state index in [4.69, 9.17) is 9.97 Å². The number of nitrogens with zero attached hydrogens (tertiary/aromatic N) is 2. The van der Waals surface area contributed by atoms with E-state index in [-0.39, 0.29) is 0 Å². The van der Waals surface area contributed by atoms with Gasteiger partial charge in [-0.1, -0.05) is 146 Å². The second kappa shape index (κ2) is 11.2. The maximum absolute atomic E-state index is 5.15. The Kier molecular flexibility index (Phi) is 6.39. The fourth-order valence-electron chi connectivity index (χ4n) is 7.37. The number of hydrogen-bond acceptors (Lipinski definition) is 3. The molecule has 0 bridgehead atoms. The second-order valence-electron chi connectivity index (χ2n) is 12.5. The SMILES string of the molecule is c1ccc(-c2cc(-c3ccc4c(c3)c3ccccc3c3cccc(-c5ccc6c(c5)sc5ccccc56)c34)nc(-c3ccccc3)n2)cc1. The zero-order valence-corrected chi connectivity index (χ0v) is 27.3. The largest absolute Gasteiger partial charge is 0.228 e. The van der Waals surface area contributed by atoms with Gasteiger partial charge in [-0.05, 0) is 67.7 Å². The average Bonchev–Trinajstić information content (AvgIpc) is 3.56. The van der Waals surface area contributed by atoms with E-state index in [1.165, 1.54) is 63.6 Å². The first-order valence-corrected chi connectivity index (χ1v) is 17.4. The molecule has 0 atom stereocenters. The molecule has 2 heterocycles. The molecule has 0 saturated carbocycles. The molecular formula is C46H28N2S. The van der Waals surface area contributed by atoms with Gasteiger partial charge in [0.15, 0.2) is 5.82 Å². The molecule has 49 heavy (non-hydrogen) atoms. The standard InChI is InChI=1S/C46H28N2S/c1-3-12-29(13-4-1)41-28-42(48-46(47-41)30-14-5-2-6-15-30)32-23-25-39-40(26-32)35-17-8-7-16-34(35)38-20-11-19-33(45(38)39)31-22-24-37-36-18-9-10-21-43(36)49-44(37)27-31/h1-28H. The lowest BCUT2D eigenvalue weighted by Crippen LogP contribution is -1.96. The highest BCUT2D eigenvalue weighted by molar-refractivity contribution is 7.25. The summed E-state index contributed by atoms with van der Waals surface area (Å²) in [4.78, 5) is 10.2. The van der Waals surface area contributed by atoms with Gasteiger partial charge in [-0.2, -0.15) is 0 Å². The third-order valence-electron chi connectivity index (χ3n) is 9.67. The molecule has 0 amide bonds. The third kappa shape index (κ3) is 4.62. The Morgan fingerprint density at radius 3 is 1.69 bits per heavy atom. The second-order valence-corrected chi connectivity index (χ2v) is 13.6. The summed E-state index contributed by atoms with van der Waals surface area (Å²) in [6, 6.07) is 60.8. The molecule has 8 aromatic carbocycles. The molecule has 10 aromatic rings. The van der Waals surface area contributed by atoms with Crippen molar-refractivity contribution in [3.05, 3.63) is 170 Å². The Labute approximate surface area is 287 Å². The first kappa shape index (κ1) is 27.9. The van der Waals surface area contributed by atoms with Crippen molar-refractivity contribution in [2.75, 3.05) is 0 Å². The van der Waals surface area contributed by atoms with Crippen LogP contribution < -0.4 is 0 Å². The minimum atomic E-state index is 0.722. The minimum Gasteiger partial charge on any atom is -0.228 e. The fraction of sp³-hybridized carbons (Fsp3) is 0. The normalized spacial score (nSPS) is 11.7. The summed E-state index contributed by atoms with van der Waals surface area (Å²) in [5.41, 5.74) is 7.44. The lowest BCUT2D eigenvalue weighted by atomic mass is 9.88. The predicted molar refractivity (Wildman–Crippen MR) is 209 cm³/mol. The van der Waals surface area contributed by atoms with E-state index in [0.717, 1.165) is 33.9 Å². The van der Waals surface area contributed by atoms with Gasteiger partial charge in [0.05, 0.1) is 11.4 Å². The van der Waals surface area contributed by atoms with Gasteiger partial charge < -0.3 is 0 Å². The molecule has 10 rings (SSSR count). The van der Waals surface area contributed by atoms with Crippen molar-refractivity contribution in [1.29, 1.82) is 0 Å². The van der Waals surface area contributed by atoms with Gasteiger partial charge in [0.25, 0.3) is 0 Å². The van der Waals surface area contributed by atoms with Crippen molar-refractivity contribution >= 4 is 63.8 Å². The van der Waals surface area contributed by atoms with Crippen LogP contribution in [0.25, 0.3) is 97.5 Å². The average molecular weight is 641 g/mol. The van der Waals surface area contributed by atoms with E-state index in [0.29, 0.717) is 0 Å². The van der Waals surface area contributed by atoms with E-state index in [2.05, 4.69) is 146 Å². The summed E-state index contributed by atoms with van der Waals surface area (Å²) >= 11 is 1.87. The zero-order chi connectivity index (χ0) is 32.3. The topological polar surface area (TPSA) is 25.8 Å². The summed E-state index contributed by atoms with van der Waals surface area (Å²) in [5, 5.41) is 10.1. The van der Waals surface area contributed by atoms with Crippen molar-refractivity contribution in [2.24, 2.45) is 0 Å². The van der Waals surface area contributed by atoms with E-state index in [1.54, 1.807) is 0 Å². The van der Waals surface area contributed by atoms with E-state index < -0.39 is 0 Å². The first-order valence-electron chi connectivity index (χ1n) is 16.6. The van der Waals surface area contributed by atoms with Crippen molar-refractivity contribution in [2.45, 2.75) is 0 Å². The smallest absolute Gasteiger partial charge is 0.160 e. The Morgan fingerprint density at radius 2 is 0.898 bits per heavy atom. The Morgan fingerprint density at radius 1 is 0.327 bits per heavy atom. The van der Waals surface area contributed by atoms with Gasteiger partial charge in [0.1, 0.15) is 0 Å². The number of thiophene rings is 1. The quantitative estimate of drug-likeness (QED) is 0.179. The van der Waals surface area contributed by atoms with Crippen LogP contribution in [0.3, 0.4) is 0 Å². The maximum Gasteiger partial charge on any atom is 0.160 e. The van der Waals surface area contributed by atoms with Crippen LogP contribution in [-0.2, 0) is 0 Å². The number of hydrogen-bond donors (Lipinski definition) is 0. The Balaban J connectivity index is 1.22. The molecule has 0 saturated heterocycles. The Hall–Kier alpha value is -6.16. The molecule has 0 aliphatic heterocycles. The molecular weight excluding hydrogens is 613 g/mol. The molecule has 228 valence electrons. The first-order chi connectivity index (χ1) is 24.3. The van der Waals surface area contributed by atoms with Crippen LogP contribution in [0.2, 0.25) is 0 Å². The third-order valence-corrected chi connectivity index (χ3v) is 10.8. The summed E-state index contributed by atoms with van der Waals surface area (Å²) in [7, 11) is 0. The summed E-state index contributed by atoms with van der Waals surface area (Å²) in [5.74, 6) is 0.722. The van der Waals surface area contributed by atoms with Crippen LogP contribution in [0.4, 0.5) is 0 Å². The molecule has 0 unspecified atom stereocenters. The van der Waals surface area contributed by atoms with Crippen LogP contribution in [0.1, 0.15) is 0 Å². The predicted octanol–water partition coefficient (Wildman–Crippen LogP) is 13.0. The van der Waals surface area contributed by atoms with E-state index in [1.807, 2.05) is 35.6 Å². The summed E-state index contributed by atoms with van der Waals surface area (Å²) in [6.07, 6.45) is 0. The molecule has 2 nitrogen and oxygen atoms in total. The lowest BCUT2D eigenvalue weighted by molar-refractivity contribution is 1.18. The molecule has 0 aliphatic rings. The summed E-state index contributed by atoms with van der Waals surface area (Å²) < 4.78 is 2.64. The van der Waals surface area contributed by atoms with Crippen molar-refractivity contribution in [1.82, 2.24) is 9.97 Å². The zero-order valence-electron chi connectivity index (χ0n) is 26.5. The van der Waals surface area contributed by atoms with Crippen LogP contribution in [0.5, 0.6) is 0 Å². The minimum absolute atomic E-state index is 0.722. The number of fused-ring (bicyclic) bond motifs is 9. The van der Waals surface area contributed by atoms with Crippen LogP contribution in [0, 0.1) is 0 Å². The van der Waals surface area contributed by atoms with Crippen LogP contribution in [0.15, 0.2) is 170 Å². The summed E-state index contributed by atoms with van der Waals surface area (Å²) in [6.45, 7) is 0. The number of rotatable bonds is 4. The molecule has 0 N–H and O–H groups in total. The van der Waals surface area contributed by atoms with Gasteiger partial charge in [-0.3, -0.25) is 0 Å². The number of benzene rings is 8. The highest BCUT2D eigenvalue weighted by Crippen LogP contribution is 2.43. The molecule has 0 aliphatic carbocycles. The van der Waals surface area contributed by atoms with Crippen LogP contribution >= 0.6 is 11.3 Å². The van der Waals surface area contributed by atoms with Gasteiger partial charge in [0.2, 0.25) is 0 Å². The van der Waals surface area contributed by atoms with Gasteiger partial charge >= 0.3 is 0 Å².